The van der Waals surface area contributed by atoms with Gasteiger partial charge in [-0.2, -0.15) is 0 Å². The van der Waals surface area contributed by atoms with E-state index in [1.807, 2.05) is 38.1 Å². The molecule has 4 nitrogen and oxygen atoms in total. The van der Waals surface area contributed by atoms with Gasteiger partial charge in [-0.05, 0) is 44.5 Å². The predicted molar refractivity (Wildman–Crippen MR) is 94.9 cm³/mol. The van der Waals surface area contributed by atoms with Crippen molar-refractivity contribution in [2.75, 3.05) is 0 Å². The van der Waals surface area contributed by atoms with Gasteiger partial charge in [-0.15, -0.1) is 0 Å². The maximum Gasteiger partial charge on any atom is 0.124 e. The Morgan fingerprint density at radius 1 is 0.783 bits per heavy atom. The highest BCUT2D eigenvalue weighted by Crippen LogP contribution is 2.15. The van der Waals surface area contributed by atoms with Crippen LogP contribution in [0.4, 0.5) is 0 Å². The van der Waals surface area contributed by atoms with Crippen LogP contribution in [-0.4, -0.2) is 34.7 Å². The molecule has 2 N–H and O–H groups in total. The quantitative estimate of drug-likeness (QED) is 0.797. The number of phenols is 2. The Kier molecular flexibility index (Phi) is 5.92. The Hall–Kier alpha value is -2.62. The summed E-state index contributed by atoms with van der Waals surface area (Å²) in [4.78, 5) is 8.92. The molecular formula is C19H22N2O2. The van der Waals surface area contributed by atoms with E-state index < -0.39 is 0 Å². The van der Waals surface area contributed by atoms with Gasteiger partial charge in [0.2, 0.25) is 0 Å². The van der Waals surface area contributed by atoms with Crippen molar-refractivity contribution >= 4 is 12.4 Å². The average molecular weight is 310 g/mol. The van der Waals surface area contributed by atoms with E-state index in [2.05, 4.69) is 9.98 Å². The van der Waals surface area contributed by atoms with Crippen LogP contribution in [0.15, 0.2) is 58.5 Å². The topological polar surface area (TPSA) is 65.2 Å². The standard InChI is InChI=1S/C19H22N2O2/c1-14(20-12-16-7-3-5-9-18(16)22)11-15(2)21-13-17-8-4-6-10-19(17)23/h3-10,12-15,22-23H,11H2,1-2H3/t14-,15-/m0/s1. The predicted octanol–water partition coefficient (Wildman–Crippen LogP) is 3.80. The van der Waals surface area contributed by atoms with Crippen LogP contribution in [0.5, 0.6) is 11.5 Å². The van der Waals surface area contributed by atoms with Gasteiger partial charge in [-0.3, -0.25) is 9.98 Å². The molecule has 0 spiro atoms. The first-order chi connectivity index (χ1) is 11.1. The Balaban J connectivity index is 1.91. The summed E-state index contributed by atoms with van der Waals surface area (Å²) in [5.41, 5.74) is 1.43. The molecule has 2 rings (SSSR count). The van der Waals surface area contributed by atoms with Crippen molar-refractivity contribution in [2.24, 2.45) is 9.98 Å². The second-order valence-electron chi connectivity index (χ2n) is 5.61. The van der Waals surface area contributed by atoms with Crippen LogP contribution in [0, 0.1) is 0 Å². The van der Waals surface area contributed by atoms with Crippen molar-refractivity contribution in [3.63, 3.8) is 0 Å². The van der Waals surface area contributed by atoms with E-state index in [1.54, 1.807) is 36.7 Å². The molecule has 0 saturated heterocycles. The van der Waals surface area contributed by atoms with E-state index >= 15 is 0 Å². The number of nitrogens with zero attached hydrogens (tertiary/aromatic N) is 2. The summed E-state index contributed by atoms with van der Waals surface area (Å²) >= 11 is 0. The molecule has 2 aromatic carbocycles. The largest absolute Gasteiger partial charge is 0.507 e. The summed E-state index contributed by atoms with van der Waals surface area (Å²) in [6.45, 7) is 4.03. The SMILES string of the molecule is C[C@@H](C[C@H](C)N=Cc1ccccc1O)N=Cc1ccccc1O. The van der Waals surface area contributed by atoms with E-state index in [4.69, 9.17) is 0 Å². The van der Waals surface area contributed by atoms with Crippen molar-refractivity contribution in [3.05, 3.63) is 59.7 Å². The van der Waals surface area contributed by atoms with Crippen molar-refractivity contribution in [1.29, 1.82) is 0 Å². The van der Waals surface area contributed by atoms with Crippen molar-refractivity contribution in [2.45, 2.75) is 32.4 Å². The van der Waals surface area contributed by atoms with E-state index in [1.165, 1.54) is 0 Å². The zero-order valence-corrected chi connectivity index (χ0v) is 13.4. The number of rotatable bonds is 6. The molecule has 0 amide bonds. The maximum absolute atomic E-state index is 9.70. The third-order valence-corrected chi connectivity index (χ3v) is 3.49. The van der Waals surface area contributed by atoms with Gasteiger partial charge < -0.3 is 10.2 Å². The van der Waals surface area contributed by atoms with Crippen LogP contribution in [0.1, 0.15) is 31.4 Å². The number of aromatic hydroxyl groups is 2. The van der Waals surface area contributed by atoms with E-state index in [-0.39, 0.29) is 23.6 Å². The summed E-state index contributed by atoms with van der Waals surface area (Å²) in [5.74, 6) is 0.461. The summed E-state index contributed by atoms with van der Waals surface area (Å²) < 4.78 is 0. The number of hydrogen-bond donors (Lipinski definition) is 2. The smallest absolute Gasteiger partial charge is 0.124 e. The number of para-hydroxylation sites is 2. The molecule has 0 bridgehead atoms. The first kappa shape index (κ1) is 16.7. The summed E-state index contributed by atoms with van der Waals surface area (Å²) in [7, 11) is 0. The third kappa shape index (κ3) is 5.25. The second kappa shape index (κ2) is 8.13. The van der Waals surface area contributed by atoms with Crippen LogP contribution < -0.4 is 0 Å². The minimum atomic E-state index is 0.0890. The molecule has 2 atom stereocenters. The first-order valence-corrected chi connectivity index (χ1v) is 7.68. The fourth-order valence-corrected chi connectivity index (χ4v) is 2.22. The highest BCUT2D eigenvalue weighted by molar-refractivity contribution is 5.83. The summed E-state index contributed by atoms with van der Waals surface area (Å²) in [5, 5.41) is 19.4. The first-order valence-electron chi connectivity index (χ1n) is 7.68. The zero-order chi connectivity index (χ0) is 16.7. The van der Waals surface area contributed by atoms with Gasteiger partial charge in [0.1, 0.15) is 11.5 Å². The van der Waals surface area contributed by atoms with E-state index in [0.29, 0.717) is 11.1 Å². The molecule has 0 aliphatic rings. The molecular weight excluding hydrogens is 288 g/mol. The third-order valence-electron chi connectivity index (χ3n) is 3.49. The van der Waals surface area contributed by atoms with Gasteiger partial charge in [0.05, 0.1) is 0 Å². The zero-order valence-electron chi connectivity index (χ0n) is 13.4. The Labute approximate surface area is 136 Å². The molecule has 120 valence electrons. The lowest BCUT2D eigenvalue weighted by Gasteiger charge is -2.10. The minimum absolute atomic E-state index is 0.0890. The molecule has 0 unspecified atom stereocenters. The summed E-state index contributed by atoms with van der Waals surface area (Å²) in [6, 6.07) is 14.4. The Morgan fingerprint density at radius 3 is 1.57 bits per heavy atom. The molecule has 23 heavy (non-hydrogen) atoms. The van der Waals surface area contributed by atoms with Crippen molar-refractivity contribution in [1.82, 2.24) is 0 Å². The van der Waals surface area contributed by atoms with Gasteiger partial charge >= 0.3 is 0 Å². The lowest BCUT2D eigenvalue weighted by molar-refractivity contribution is 0.474. The lowest BCUT2D eigenvalue weighted by atomic mass is 10.1. The fourth-order valence-electron chi connectivity index (χ4n) is 2.22. The van der Waals surface area contributed by atoms with Crippen LogP contribution >= 0.6 is 0 Å². The monoisotopic (exact) mass is 310 g/mol. The number of benzene rings is 2. The molecule has 0 aliphatic carbocycles. The molecule has 0 aromatic heterocycles. The molecule has 0 aliphatic heterocycles. The van der Waals surface area contributed by atoms with Crippen LogP contribution in [0.25, 0.3) is 0 Å². The normalized spacial score (nSPS) is 14.3. The van der Waals surface area contributed by atoms with Crippen LogP contribution in [0.3, 0.4) is 0 Å². The Bertz CT molecular complexity index is 636. The highest BCUT2D eigenvalue weighted by Gasteiger charge is 2.06. The second-order valence-corrected chi connectivity index (χ2v) is 5.61. The average Bonchev–Trinajstić information content (AvgIpc) is 2.53. The van der Waals surface area contributed by atoms with Gasteiger partial charge in [0, 0.05) is 35.6 Å². The highest BCUT2D eigenvalue weighted by atomic mass is 16.3. The molecule has 4 heteroatoms. The van der Waals surface area contributed by atoms with Gasteiger partial charge in [0.15, 0.2) is 0 Å². The van der Waals surface area contributed by atoms with E-state index in [0.717, 1.165) is 6.42 Å². The fraction of sp³-hybridized carbons (Fsp3) is 0.263. The van der Waals surface area contributed by atoms with Gasteiger partial charge in [-0.1, -0.05) is 24.3 Å². The molecule has 0 radical (unpaired) electrons. The van der Waals surface area contributed by atoms with Crippen LogP contribution in [0.2, 0.25) is 0 Å². The number of aliphatic imine (C=N–C) groups is 2. The lowest BCUT2D eigenvalue weighted by Crippen LogP contribution is -2.09. The van der Waals surface area contributed by atoms with Crippen LogP contribution in [-0.2, 0) is 0 Å². The van der Waals surface area contributed by atoms with Crippen molar-refractivity contribution < 1.29 is 10.2 Å². The van der Waals surface area contributed by atoms with Gasteiger partial charge in [-0.25, -0.2) is 0 Å². The van der Waals surface area contributed by atoms with E-state index in [9.17, 15) is 10.2 Å². The summed E-state index contributed by atoms with van der Waals surface area (Å²) in [6.07, 6.45) is 4.17. The molecule has 0 heterocycles. The van der Waals surface area contributed by atoms with Gasteiger partial charge in [0.25, 0.3) is 0 Å². The molecule has 0 saturated carbocycles. The number of hydrogen-bond acceptors (Lipinski definition) is 4. The maximum atomic E-state index is 9.70. The molecule has 0 fully saturated rings. The Morgan fingerprint density at radius 2 is 1.17 bits per heavy atom. The minimum Gasteiger partial charge on any atom is -0.507 e. The van der Waals surface area contributed by atoms with Crippen molar-refractivity contribution in [3.8, 4) is 11.5 Å². The number of phenolic OH excluding ortho intramolecular Hbond substituents is 2. The molecule has 2 aromatic rings.